The zero-order valence-electron chi connectivity index (χ0n) is 21.1. The van der Waals surface area contributed by atoms with E-state index in [-0.39, 0.29) is 17.2 Å². The van der Waals surface area contributed by atoms with Gasteiger partial charge in [-0.05, 0) is 72.2 Å². The molecule has 0 aliphatic heterocycles. The third kappa shape index (κ3) is 4.51. The van der Waals surface area contributed by atoms with E-state index in [0.29, 0.717) is 51.9 Å². The molecule has 0 radical (unpaired) electrons. The molecule has 40 heavy (non-hydrogen) atoms. The van der Waals surface area contributed by atoms with Gasteiger partial charge in [0.15, 0.2) is 6.20 Å². The number of aromatic amines is 1. The van der Waals surface area contributed by atoms with Gasteiger partial charge in [-0.25, -0.2) is 14.2 Å². The number of rotatable bonds is 5. The topological polar surface area (TPSA) is 140 Å². The lowest BCUT2D eigenvalue weighted by Crippen LogP contribution is -2.37. The standard InChI is InChI=1S/C27H22ClFN8O3/c1-35(27(38)39)18-6-7-19(22(29)11-18)23-12-30-26(32-23)20-4-2-3-15-9-16(13-37(40)25(15)20)21-10-17(28)5-8-24(21)36-14-31-33-34-36/h5-14,20H,2-4H2,1H3,(H,30,32)(H,38,39). The van der Waals surface area contributed by atoms with E-state index in [9.17, 15) is 14.4 Å². The molecule has 1 aliphatic carbocycles. The van der Waals surface area contributed by atoms with E-state index < -0.39 is 11.9 Å². The summed E-state index contributed by atoms with van der Waals surface area (Å²) in [4.78, 5) is 19.8. The Bertz CT molecular complexity index is 1740. The molecule has 2 aromatic carbocycles. The lowest BCUT2D eigenvalue weighted by molar-refractivity contribution is -0.615. The predicted octanol–water partition coefficient (Wildman–Crippen LogP) is 4.73. The Morgan fingerprint density at radius 3 is 2.85 bits per heavy atom. The van der Waals surface area contributed by atoms with Gasteiger partial charge in [0.1, 0.15) is 23.9 Å². The summed E-state index contributed by atoms with van der Waals surface area (Å²) in [6.07, 6.45) is 5.55. The number of aryl methyl sites for hydroxylation is 1. The SMILES string of the molecule is CN(C(=O)O)c1ccc(-c2cnc(C3CCCc4cc(-c5cc(Cl)ccc5-n5cnnn5)c[n+]([O-])c43)[nH]2)c(F)c1. The maximum Gasteiger partial charge on any atom is 0.411 e. The average molecular weight is 561 g/mol. The number of fused-ring (bicyclic) bond motifs is 1. The lowest BCUT2D eigenvalue weighted by Gasteiger charge is -2.23. The molecule has 0 fully saturated rings. The minimum absolute atomic E-state index is 0.209. The molecule has 2 N–H and O–H groups in total. The monoisotopic (exact) mass is 560 g/mol. The van der Waals surface area contributed by atoms with Gasteiger partial charge in [0.05, 0.1) is 17.6 Å². The molecule has 5 aromatic rings. The number of hydrogen-bond donors (Lipinski definition) is 2. The summed E-state index contributed by atoms with van der Waals surface area (Å²) in [6, 6.07) is 11.5. The minimum atomic E-state index is -1.19. The second-order valence-corrected chi connectivity index (χ2v) is 9.95. The van der Waals surface area contributed by atoms with E-state index in [1.807, 2.05) is 6.07 Å². The zero-order valence-corrected chi connectivity index (χ0v) is 21.9. The van der Waals surface area contributed by atoms with Crippen molar-refractivity contribution in [3.8, 4) is 28.1 Å². The molecule has 6 rings (SSSR count). The van der Waals surface area contributed by atoms with Crippen molar-refractivity contribution < 1.29 is 19.0 Å². The van der Waals surface area contributed by atoms with Crippen molar-refractivity contribution in [1.29, 1.82) is 0 Å². The normalized spacial score (nSPS) is 14.6. The molecule has 1 aliphatic rings. The van der Waals surface area contributed by atoms with Crippen LogP contribution in [0.15, 0.2) is 61.2 Å². The molecule has 1 amide bonds. The van der Waals surface area contributed by atoms with Crippen LogP contribution in [0.3, 0.4) is 0 Å². The van der Waals surface area contributed by atoms with Crippen molar-refractivity contribution in [3.05, 3.63) is 94.3 Å². The van der Waals surface area contributed by atoms with Crippen LogP contribution in [-0.4, -0.2) is 48.4 Å². The highest BCUT2D eigenvalue weighted by molar-refractivity contribution is 6.31. The summed E-state index contributed by atoms with van der Waals surface area (Å²) in [7, 11) is 1.34. The Kier molecular flexibility index (Phi) is 6.39. The molecule has 0 bridgehead atoms. The number of aromatic nitrogens is 7. The van der Waals surface area contributed by atoms with Crippen LogP contribution in [0.2, 0.25) is 5.02 Å². The van der Waals surface area contributed by atoms with Crippen LogP contribution in [0.4, 0.5) is 14.9 Å². The largest absolute Gasteiger partial charge is 0.618 e. The first kappa shape index (κ1) is 25.4. The highest BCUT2D eigenvalue weighted by Crippen LogP contribution is 2.37. The summed E-state index contributed by atoms with van der Waals surface area (Å²) in [6.45, 7) is 0. The molecule has 11 nitrogen and oxygen atoms in total. The molecule has 1 atom stereocenters. The van der Waals surface area contributed by atoms with Crippen molar-refractivity contribution in [2.24, 2.45) is 0 Å². The van der Waals surface area contributed by atoms with E-state index in [1.54, 1.807) is 18.2 Å². The van der Waals surface area contributed by atoms with E-state index in [1.165, 1.54) is 42.6 Å². The van der Waals surface area contributed by atoms with Gasteiger partial charge in [0.25, 0.3) is 0 Å². The van der Waals surface area contributed by atoms with Crippen molar-refractivity contribution >= 4 is 23.4 Å². The molecular weight excluding hydrogens is 539 g/mol. The fourth-order valence-corrected chi connectivity index (χ4v) is 5.34. The number of imidazole rings is 1. The molecule has 3 heterocycles. The number of halogens is 2. The molecule has 3 aromatic heterocycles. The number of tetrazole rings is 1. The van der Waals surface area contributed by atoms with Gasteiger partial charge >= 0.3 is 6.09 Å². The van der Waals surface area contributed by atoms with Crippen molar-refractivity contribution in [2.75, 3.05) is 11.9 Å². The highest BCUT2D eigenvalue weighted by Gasteiger charge is 2.33. The first-order chi connectivity index (χ1) is 19.3. The lowest BCUT2D eigenvalue weighted by atomic mass is 9.85. The van der Waals surface area contributed by atoms with E-state index >= 15 is 0 Å². The third-order valence-corrected chi connectivity index (χ3v) is 7.36. The molecule has 0 spiro atoms. The van der Waals surface area contributed by atoms with E-state index in [0.717, 1.165) is 27.7 Å². The third-order valence-electron chi connectivity index (χ3n) is 7.13. The smallest absolute Gasteiger partial charge is 0.411 e. The average Bonchev–Trinajstić information content (AvgIpc) is 3.65. The Morgan fingerprint density at radius 1 is 1.25 bits per heavy atom. The first-order valence-corrected chi connectivity index (χ1v) is 12.8. The first-order valence-electron chi connectivity index (χ1n) is 12.4. The minimum Gasteiger partial charge on any atom is -0.618 e. The van der Waals surface area contributed by atoms with Gasteiger partial charge in [-0.1, -0.05) is 11.6 Å². The number of carbonyl (C=O) groups is 1. The Morgan fingerprint density at radius 2 is 2.10 bits per heavy atom. The molecule has 1 unspecified atom stereocenters. The van der Waals surface area contributed by atoms with Crippen LogP contribution in [0.25, 0.3) is 28.1 Å². The number of pyridine rings is 1. The number of amides is 1. The van der Waals surface area contributed by atoms with E-state index in [4.69, 9.17) is 16.7 Å². The summed E-state index contributed by atoms with van der Waals surface area (Å²) in [5.74, 6) is -0.354. The molecule has 202 valence electrons. The quantitative estimate of drug-likeness (QED) is 0.234. The number of nitrogens with one attached hydrogen (secondary N) is 1. The maximum atomic E-state index is 14.9. The molecule has 0 saturated heterocycles. The number of nitrogens with zero attached hydrogens (tertiary/aromatic N) is 7. The van der Waals surface area contributed by atoms with Gasteiger partial charge in [-0.3, -0.25) is 4.90 Å². The zero-order chi connectivity index (χ0) is 28.0. The predicted molar refractivity (Wildman–Crippen MR) is 144 cm³/mol. The Hall–Kier alpha value is -4.84. The summed E-state index contributed by atoms with van der Waals surface area (Å²) < 4.78 is 17.3. The van der Waals surface area contributed by atoms with E-state index in [2.05, 4.69) is 25.5 Å². The van der Waals surface area contributed by atoms with Crippen molar-refractivity contribution in [1.82, 2.24) is 30.2 Å². The summed E-state index contributed by atoms with van der Waals surface area (Å²) in [5, 5.41) is 34.6. The van der Waals surface area contributed by atoms with Crippen LogP contribution >= 0.6 is 11.6 Å². The van der Waals surface area contributed by atoms with Gasteiger partial charge in [0, 0.05) is 40.0 Å². The van der Waals surface area contributed by atoms with Gasteiger partial charge < -0.3 is 15.3 Å². The van der Waals surface area contributed by atoms with Crippen molar-refractivity contribution in [2.45, 2.75) is 25.2 Å². The number of hydrogen-bond acceptors (Lipinski definition) is 6. The number of benzene rings is 2. The Balaban J connectivity index is 1.35. The van der Waals surface area contributed by atoms with Crippen LogP contribution < -0.4 is 9.63 Å². The molecule has 0 saturated carbocycles. The maximum absolute atomic E-state index is 14.9. The van der Waals surface area contributed by atoms with Gasteiger partial charge in [-0.2, -0.15) is 9.41 Å². The second kappa shape index (κ2) is 10.0. The van der Waals surface area contributed by atoms with Crippen molar-refractivity contribution in [3.63, 3.8) is 0 Å². The van der Waals surface area contributed by atoms with Crippen LogP contribution in [0.1, 0.15) is 35.8 Å². The van der Waals surface area contributed by atoms with Gasteiger partial charge in [-0.15, -0.1) is 5.10 Å². The summed E-state index contributed by atoms with van der Waals surface area (Å²) >= 11 is 6.30. The molecular formula is C27H22ClFN8O3. The Labute approximate surface area is 232 Å². The molecule has 13 heteroatoms. The van der Waals surface area contributed by atoms with Crippen LogP contribution in [0.5, 0.6) is 0 Å². The second-order valence-electron chi connectivity index (χ2n) is 9.51. The highest BCUT2D eigenvalue weighted by atomic mass is 35.5. The van der Waals surface area contributed by atoms with Gasteiger partial charge in [0.2, 0.25) is 5.69 Å². The fourth-order valence-electron chi connectivity index (χ4n) is 5.16. The summed E-state index contributed by atoms with van der Waals surface area (Å²) in [5.41, 5.74) is 4.43. The van der Waals surface area contributed by atoms with Crippen LogP contribution in [0, 0.1) is 11.0 Å². The number of carboxylic acid groups (broad SMARTS) is 1. The van der Waals surface area contributed by atoms with Crippen LogP contribution in [-0.2, 0) is 6.42 Å². The number of H-pyrrole nitrogens is 1. The fraction of sp³-hybridized carbons (Fsp3) is 0.185. The number of anilines is 1.